The summed E-state index contributed by atoms with van der Waals surface area (Å²) in [6.07, 6.45) is 3.72. The van der Waals surface area contributed by atoms with E-state index in [9.17, 15) is 5.11 Å². The summed E-state index contributed by atoms with van der Waals surface area (Å²) < 4.78 is 25.1. The number of β-amino-alcohol motifs (C(OH)–C–C–N with tert-alkyl or cyclic N) is 1. The molecule has 1 aliphatic heterocycles. The number of hydrogen-bond donors (Lipinski definition) is 1. The Morgan fingerprint density at radius 2 is 1.97 bits per heavy atom. The lowest BCUT2D eigenvalue weighted by Gasteiger charge is -2.30. The Morgan fingerprint density at radius 1 is 1.14 bits per heavy atom. The fraction of sp³-hybridized carbons (Fsp3) is 0.423. The van der Waals surface area contributed by atoms with Gasteiger partial charge in [-0.05, 0) is 48.9 Å². The highest BCUT2D eigenvalue weighted by atomic mass is 35.5. The third-order valence-electron chi connectivity index (χ3n) is 5.91. The highest BCUT2D eigenvalue weighted by molar-refractivity contribution is 6.30. The minimum Gasteiger partial charge on any atom is -0.493 e. The van der Waals surface area contributed by atoms with Crippen LogP contribution in [0.2, 0.25) is 5.02 Å². The lowest BCUT2D eigenvalue weighted by Crippen LogP contribution is -2.48. The van der Waals surface area contributed by atoms with E-state index >= 15 is 0 Å². The summed E-state index contributed by atoms with van der Waals surface area (Å²) in [7, 11) is 1.63. The van der Waals surface area contributed by atoms with Crippen LogP contribution in [0.3, 0.4) is 0 Å². The van der Waals surface area contributed by atoms with Crippen LogP contribution in [-0.4, -0.2) is 71.8 Å². The topological polar surface area (TPSA) is 78.2 Å². The minimum absolute atomic E-state index is 0.121. The molecule has 1 saturated heterocycles. The van der Waals surface area contributed by atoms with Crippen molar-refractivity contribution in [2.75, 3.05) is 46.6 Å². The quantitative estimate of drug-likeness (QED) is 0.455. The summed E-state index contributed by atoms with van der Waals surface area (Å²) in [6.45, 7) is 5.78. The number of aliphatic hydroxyl groups is 1. The number of halogens is 1. The first-order chi connectivity index (χ1) is 16.9. The van der Waals surface area contributed by atoms with Gasteiger partial charge in [-0.1, -0.05) is 17.7 Å². The van der Waals surface area contributed by atoms with Crippen LogP contribution in [0.4, 0.5) is 0 Å². The standard InChI is InChI=1S/C26H32ClN3O5/c1-20-28-9-10-30(20)12-14-34-25-15-21(3-8-24(25)32-2)16-29-11-13-33-18-26(31,17-29)19-35-23-6-4-22(27)5-7-23/h3-10,15,31H,11-14,16-19H2,1-2H3. The molecule has 1 aromatic heterocycles. The molecule has 4 rings (SSSR count). The van der Waals surface area contributed by atoms with Gasteiger partial charge in [0, 0.05) is 37.1 Å². The van der Waals surface area contributed by atoms with Crippen LogP contribution in [-0.2, 0) is 17.8 Å². The van der Waals surface area contributed by atoms with Crippen LogP contribution < -0.4 is 14.2 Å². The van der Waals surface area contributed by atoms with Crippen molar-refractivity contribution in [3.63, 3.8) is 0 Å². The van der Waals surface area contributed by atoms with Crippen molar-refractivity contribution in [3.8, 4) is 17.2 Å². The molecule has 0 bridgehead atoms. The van der Waals surface area contributed by atoms with Gasteiger partial charge in [0.1, 0.15) is 30.4 Å². The SMILES string of the molecule is COc1ccc(CN2CCOCC(O)(COc3ccc(Cl)cc3)C2)cc1OCCn1ccnc1C. The maximum Gasteiger partial charge on any atom is 0.161 e. The third-order valence-corrected chi connectivity index (χ3v) is 6.16. The van der Waals surface area contributed by atoms with E-state index in [2.05, 4.69) is 9.88 Å². The predicted octanol–water partition coefficient (Wildman–Crippen LogP) is 3.57. The second-order valence-electron chi connectivity index (χ2n) is 8.73. The molecule has 1 atom stereocenters. The molecule has 2 heterocycles. The van der Waals surface area contributed by atoms with Crippen LogP contribution >= 0.6 is 11.6 Å². The van der Waals surface area contributed by atoms with E-state index in [4.69, 9.17) is 30.5 Å². The molecule has 0 spiro atoms. The van der Waals surface area contributed by atoms with Crippen molar-refractivity contribution >= 4 is 11.6 Å². The van der Waals surface area contributed by atoms with E-state index in [1.807, 2.05) is 35.9 Å². The second-order valence-corrected chi connectivity index (χ2v) is 9.17. The number of ether oxygens (including phenoxy) is 4. The Bertz CT molecular complexity index is 1090. The lowest BCUT2D eigenvalue weighted by atomic mass is 10.1. The summed E-state index contributed by atoms with van der Waals surface area (Å²) >= 11 is 5.94. The monoisotopic (exact) mass is 501 g/mol. The zero-order valence-corrected chi connectivity index (χ0v) is 20.9. The summed E-state index contributed by atoms with van der Waals surface area (Å²) in [6, 6.07) is 13.0. The van der Waals surface area contributed by atoms with E-state index in [1.165, 1.54) is 0 Å². The maximum atomic E-state index is 11.2. The van der Waals surface area contributed by atoms with Gasteiger partial charge in [0.2, 0.25) is 0 Å². The molecule has 1 N–H and O–H groups in total. The number of benzene rings is 2. The van der Waals surface area contributed by atoms with E-state index in [0.717, 1.165) is 11.4 Å². The van der Waals surface area contributed by atoms with Crippen molar-refractivity contribution in [2.24, 2.45) is 0 Å². The number of imidazole rings is 1. The summed E-state index contributed by atoms with van der Waals surface area (Å²) in [5, 5.41) is 11.9. The molecule has 2 aromatic carbocycles. The van der Waals surface area contributed by atoms with Crippen LogP contribution in [0, 0.1) is 6.92 Å². The van der Waals surface area contributed by atoms with E-state index < -0.39 is 5.60 Å². The van der Waals surface area contributed by atoms with Gasteiger partial charge in [0.25, 0.3) is 0 Å². The first kappa shape index (κ1) is 25.3. The third kappa shape index (κ3) is 7.11. The largest absolute Gasteiger partial charge is 0.493 e. The van der Waals surface area contributed by atoms with Crippen molar-refractivity contribution in [3.05, 3.63) is 71.3 Å². The van der Waals surface area contributed by atoms with Gasteiger partial charge in [0.15, 0.2) is 11.5 Å². The Hall–Kier alpha value is -2.78. The van der Waals surface area contributed by atoms with Crippen molar-refractivity contribution < 1.29 is 24.1 Å². The average molecular weight is 502 g/mol. The number of nitrogens with zero attached hydrogens (tertiary/aromatic N) is 3. The molecule has 8 nitrogen and oxygen atoms in total. The van der Waals surface area contributed by atoms with Crippen LogP contribution in [0.1, 0.15) is 11.4 Å². The normalized spacial score (nSPS) is 18.7. The van der Waals surface area contributed by atoms with Crippen molar-refractivity contribution in [1.29, 1.82) is 0 Å². The molecule has 3 aromatic rings. The molecule has 1 aliphatic rings. The first-order valence-corrected chi connectivity index (χ1v) is 12.0. The fourth-order valence-electron chi connectivity index (χ4n) is 4.05. The van der Waals surface area contributed by atoms with Crippen molar-refractivity contribution in [2.45, 2.75) is 25.6 Å². The zero-order chi connectivity index (χ0) is 24.7. The first-order valence-electron chi connectivity index (χ1n) is 11.6. The molecule has 1 fully saturated rings. The number of hydrogen-bond acceptors (Lipinski definition) is 7. The zero-order valence-electron chi connectivity index (χ0n) is 20.2. The van der Waals surface area contributed by atoms with E-state index in [1.54, 1.807) is 37.6 Å². The Kier molecular flexibility index (Phi) is 8.51. The highest BCUT2D eigenvalue weighted by Gasteiger charge is 2.33. The minimum atomic E-state index is -1.13. The Balaban J connectivity index is 1.37. The molecule has 188 valence electrons. The molecular weight excluding hydrogens is 470 g/mol. The molecule has 0 amide bonds. The number of methoxy groups -OCH3 is 1. The lowest BCUT2D eigenvalue weighted by molar-refractivity contribution is -0.0646. The van der Waals surface area contributed by atoms with Gasteiger partial charge in [-0.25, -0.2) is 4.98 Å². The Labute approximate surface area is 211 Å². The number of rotatable bonds is 10. The highest BCUT2D eigenvalue weighted by Crippen LogP contribution is 2.29. The molecule has 9 heteroatoms. The molecule has 0 radical (unpaired) electrons. The van der Waals surface area contributed by atoms with Crippen molar-refractivity contribution in [1.82, 2.24) is 14.5 Å². The van der Waals surface area contributed by atoms with Gasteiger partial charge in [0.05, 0.1) is 26.9 Å². The molecule has 0 aliphatic carbocycles. The van der Waals surface area contributed by atoms with Gasteiger partial charge in [-0.3, -0.25) is 4.90 Å². The maximum absolute atomic E-state index is 11.2. The second kappa shape index (κ2) is 11.8. The van der Waals surface area contributed by atoms with Gasteiger partial charge < -0.3 is 28.6 Å². The van der Waals surface area contributed by atoms with E-state index in [0.29, 0.717) is 61.7 Å². The van der Waals surface area contributed by atoms with Crippen LogP contribution in [0.25, 0.3) is 0 Å². The Morgan fingerprint density at radius 3 is 2.71 bits per heavy atom. The fourth-order valence-corrected chi connectivity index (χ4v) is 4.18. The number of aromatic nitrogens is 2. The summed E-state index contributed by atoms with van der Waals surface area (Å²) in [4.78, 5) is 6.41. The van der Waals surface area contributed by atoms with Gasteiger partial charge in [-0.2, -0.15) is 0 Å². The molecule has 0 saturated carbocycles. The summed E-state index contributed by atoms with van der Waals surface area (Å²) in [5.74, 6) is 2.98. The molecular formula is C26H32ClN3O5. The molecule has 35 heavy (non-hydrogen) atoms. The van der Waals surface area contributed by atoms with Gasteiger partial charge >= 0.3 is 0 Å². The summed E-state index contributed by atoms with van der Waals surface area (Å²) in [5.41, 5.74) is -0.0765. The number of aryl methyl sites for hydroxylation is 1. The van der Waals surface area contributed by atoms with E-state index in [-0.39, 0.29) is 13.2 Å². The van der Waals surface area contributed by atoms with Crippen LogP contribution in [0.5, 0.6) is 17.2 Å². The van der Waals surface area contributed by atoms with Crippen LogP contribution in [0.15, 0.2) is 54.9 Å². The predicted molar refractivity (Wildman–Crippen MR) is 133 cm³/mol. The smallest absolute Gasteiger partial charge is 0.161 e. The molecule has 1 unspecified atom stereocenters. The average Bonchev–Trinajstić information content (AvgIpc) is 3.16. The van der Waals surface area contributed by atoms with Gasteiger partial charge in [-0.15, -0.1) is 0 Å².